The topological polar surface area (TPSA) is 168 Å². The summed E-state index contributed by atoms with van der Waals surface area (Å²) in [6.45, 7) is 3.04. The number of carbonyl (C=O) groups excluding carboxylic acids is 5. The van der Waals surface area contributed by atoms with E-state index < -0.39 is 40.8 Å². The van der Waals surface area contributed by atoms with Crippen LogP contribution in [0.2, 0.25) is 0 Å². The molecule has 0 aromatic rings. The van der Waals surface area contributed by atoms with E-state index in [-0.39, 0.29) is 74.6 Å². The van der Waals surface area contributed by atoms with Crippen molar-refractivity contribution in [2.24, 2.45) is 23.2 Å². The second kappa shape index (κ2) is 15.4. The Labute approximate surface area is 305 Å². The van der Waals surface area contributed by atoms with Crippen LogP contribution in [0.3, 0.4) is 0 Å². The van der Waals surface area contributed by atoms with E-state index in [1.54, 1.807) is 12.2 Å². The number of hydrogen-bond acceptors (Lipinski definition) is 10. The van der Waals surface area contributed by atoms with Gasteiger partial charge in [-0.2, -0.15) is 0 Å². The number of allylic oxidation sites excluding steroid dienone is 2. The number of Topliss-reactive ketones (excluding diaryl/α,β-unsaturated/α-hetero) is 1. The number of hydrogen-bond donors (Lipinski definition) is 3. The van der Waals surface area contributed by atoms with E-state index >= 15 is 0 Å². The van der Waals surface area contributed by atoms with Crippen LogP contribution < -0.4 is 16.0 Å². The fourth-order valence-electron chi connectivity index (χ4n) is 10.7. The van der Waals surface area contributed by atoms with Gasteiger partial charge in [0.2, 0.25) is 17.7 Å². The molecule has 3 amide bonds. The van der Waals surface area contributed by atoms with Crippen molar-refractivity contribution in [3.8, 4) is 0 Å². The van der Waals surface area contributed by atoms with E-state index in [0.29, 0.717) is 25.2 Å². The monoisotopic (exact) mass is 725 g/mol. The van der Waals surface area contributed by atoms with Crippen LogP contribution in [0.15, 0.2) is 23.8 Å². The first kappa shape index (κ1) is 37.3. The molecular formula is C39H55N3O10. The van der Waals surface area contributed by atoms with E-state index in [1.807, 2.05) is 6.08 Å². The van der Waals surface area contributed by atoms with Gasteiger partial charge in [0.15, 0.2) is 23.5 Å². The summed E-state index contributed by atoms with van der Waals surface area (Å²) in [7, 11) is 0. The molecule has 7 rings (SSSR count). The third-order valence-electron chi connectivity index (χ3n) is 13.1. The van der Waals surface area contributed by atoms with Crippen molar-refractivity contribution in [3.63, 3.8) is 0 Å². The Morgan fingerprint density at radius 2 is 1.65 bits per heavy atom. The highest BCUT2D eigenvalue weighted by molar-refractivity contribution is 6.01. The fraction of sp³-hybridized carbons (Fsp3) is 0.769. The minimum Gasteiger partial charge on any atom is -0.368 e. The van der Waals surface area contributed by atoms with Gasteiger partial charge in [0.1, 0.15) is 25.5 Å². The summed E-state index contributed by atoms with van der Waals surface area (Å²) in [5.41, 5.74) is -1.19. The zero-order chi connectivity index (χ0) is 36.5. The highest BCUT2D eigenvalue weighted by Crippen LogP contribution is 2.72. The van der Waals surface area contributed by atoms with Gasteiger partial charge in [-0.3, -0.25) is 24.0 Å². The van der Waals surface area contributed by atoms with Crippen LogP contribution in [0, 0.1) is 23.2 Å². The molecule has 6 fully saturated rings. The fourth-order valence-corrected chi connectivity index (χ4v) is 10.7. The van der Waals surface area contributed by atoms with Crippen LogP contribution in [-0.4, -0.2) is 98.1 Å². The zero-order valence-electron chi connectivity index (χ0n) is 30.6. The third kappa shape index (κ3) is 6.80. The molecule has 52 heavy (non-hydrogen) atoms. The molecule has 0 bridgehead atoms. The normalized spacial score (nSPS) is 37.6. The molecule has 0 aromatic carbocycles. The highest BCUT2D eigenvalue weighted by Gasteiger charge is 2.78. The molecular weight excluding hydrogens is 670 g/mol. The van der Waals surface area contributed by atoms with Gasteiger partial charge < -0.3 is 39.6 Å². The highest BCUT2D eigenvalue weighted by atomic mass is 16.7. The second-order valence-corrected chi connectivity index (χ2v) is 16.1. The molecule has 4 saturated carbocycles. The molecule has 3 N–H and O–H groups in total. The zero-order valence-corrected chi connectivity index (χ0v) is 30.6. The predicted octanol–water partition coefficient (Wildman–Crippen LogP) is 2.95. The lowest BCUT2D eigenvalue weighted by Crippen LogP contribution is -2.72. The lowest BCUT2D eigenvalue weighted by Gasteiger charge is -2.68. The number of ketones is 2. The Balaban J connectivity index is 0.879. The van der Waals surface area contributed by atoms with Gasteiger partial charge in [-0.05, 0) is 80.6 Å². The maximum Gasteiger partial charge on any atom is 0.246 e. The van der Waals surface area contributed by atoms with Gasteiger partial charge in [0.25, 0.3) is 0 Å². The average molecular weight is 726 g/mol. The number of rotatable bonds is 14. The molecule has 7 aliphatic rings. The van der Waals surface area contributed by atoms with Crippen molar-refractivity contribution in [2.45, 2.75) is 133 Å². The first-order chi connectivity index (χ1) is 25.1. The van der Waals surface area contributed by atoms with Crippen molar-refractivity contribution >= 4 is 29.3 Å². The molecule has 9 unspecified atom stereocenters. The summed E-state index contributed by atoms with van der Waals surface area (Å²) < 4.78 is 31.3. The molecule has 13 heteroatoms. The molecule has 2 aliphatic heterocycles. The third-order valence-corrected chi connectivity index (χ3v) is 13.1. The summed E-state index contributed by atoms with van der Waals surface area (Å²) in [4.78, 5) is 63.4. The lowest BCUT2D eigenvalue weighted by molar-refractivity contribution is -0.300. The number of ether oxygens (including phenoxy) is 5. The molecule has 1 spiro atoms. The summed E-state index contributed by atoms with van der Waals surface area (Å²) in [6, 6.07) is 0. The first-order valence-electron chi connectivity index (χ1n) is 19.6. The molecule has 5 aliphatic carbocycles. The van der Waals surface area contributed by atoms with Crippen LogP contribution in [0.5, 0.6) is 0 Å². The quantitative estimate of drug-likeness (QED) is 0.179. The van der Waals surface area contributed by atoms with Crippen LogP contribution in [0.25, 0.3) is 0 Å². The summed E-state index contributed by atoms with van der Waals surface area (Å²) in [5, 5.41) is 7.60. The molecule has 9 atom stereocenters. The number of amides is 3. The van der Waals surface area contributed by atoms with Crippen LogP contribution in [0.1, 0.15) is 97.3 Å². The smallest absolute Gasteiger partial charge is 0.246 e. The van der Waals surface area contributed by atoms with Crippen molar-refractivity contribution < 1.29 is 47.7 Å². The van der Waals surface area contributed by atoms with Crippen molar-refractivity contribution in [1.29, 1.82) is 0 Å². The average Bonchev–Trinajstić information content (AvgIpc) is 3.59. The molecule has 13 nitrogen and oxygen atoms in total. The summed E-state index contributed by atoms with van der Waals surface area (Å²) in [6.07, 6.45) is 16.8. The number of fused-ring (bicyclic) bond motifs is 4. The minimum absolute atomic E-state index is 0.0122. The van der Waals surface area contributed by atoms with Crippen molar-refractivity contribution in [3.05, 3.63) is 23.8 Å². The number of carbonyl (C=O) groups is 5. The van der Waals surface area contributed by atoms with E-state index in [4.69, 9.17) is 23.7 Å². The summed E-state index contributed by atoms with van der Waals surface area (Å²) in [5.74, 6) is -0.839. The van der Waals surface area contributed by atoms with Crippen LogP contribution in [-0.2, 0) is 47.7 Å². The molecule has 2 saturated heterocycles. The van der Waals surface area contributed by atoms with Gasteiger partial charge in [-0.25, -0.2) is 0 Å². The van der Waals surface area contributed by atoms with Crippen molar-refractivity contribution in [2.75, 3.05) is 33.0 Å². The van der Waals surface area contributed by atoms with Gasteiger partial charge in [0.05, 0.1) is 31.4 Å². The first-order valence-corrected chi connectivity index (χ1v) is 19.6. The Kier molecular flexibility index (Phi) is 11.1. The van der Waals surface area contributed by atoms with Crippen LogP contribution in [0.4, 0.5) is 0 Å². The Bertz CT molecular complexity index is 1470. The summed E-state index contributed by atoms with van der Waals surface area (Å²) >= 11 is 0. The largest absolute Gasteiger partial charge is 0.368 e. The second-order valence-electron chi connectivity index (χ2n) is 16.1. The molecule has 286 valence electrons. The Morgan fingerprint density at radius 3 is 2.42 bits per heavy atom. The molecule has 0 aromatic heterocycles. The van der Waals surface area contributed by atoms with Crippen LogP contribution >= 0.6 is 0 Å². The lowest BCUT2D eigenvalue weighted by atomic mass is 9.46. The van der Waals surface area contributed by atoms with Crippen molar-refractivity contribution in [1.82, 2.24) is 16.0 Å². The Hall–Kier alpha value is -2.97. The molecule has 0 radical (unpaired) electrons. The SMILES string of the molecule is CCCC1OC2CC3C4CCC5=CC(=O)C=CC56OC(CC3(C)C2(C(=O)COCNC(=O)CNC(=O)CNC(=O)COC2CCCCCCC2)O1)C46. The Morgan fingerprint density at radius 1 is 0.923 bits per heavy atom. The predicted molar refractivity (Wildman–Crippen MR) is 186 cm³/mol. The number of nitrogens with one attached hydrogen (secondary N) is 3. The standard InChI is InChI=1S/C39H55N3O10/c1-3-9-35-50-31-17-28-27-13-12-24-16-25(43)14-15-38(24)36(27)29(51-38)18-37(28,2)39(31,52-35)30(44)21-48-23-42-33(46)20-40-32(45)19-41-34(47)22-49-26-10-7-5-4-6-8-11-26/h14-16,26-29,31,35-36H,3-13,17-23H2,1-2H3,(H,40,45)(H,41,47)(H,42,46). The molecule has 2 heterocycles. The van der Waals surface area contributed by atoms with E-state index in [0.717, 1.165) is 50.5 Å². The van der Waals surface area contributed by atoms with Gasteiger partial charge in [-0.1, -0.05) is 52.4 Å². The minimum atomic E-state index is -1.20. The maximum atomic E-state index is 14.3. The van der Waals surface area contributed by atoms with Gasteiger partial charge in [0, 0.05) is 11.3 Å². The van der Waals surface area contributed by atoms with Gasteiger partial charge >= 0.3 is 0 Å². The van der Waals surface area contributed by atoms with E-state index in [2.05, 4.69) is 29.8 Å². The maximum absolute atomic E-state index is 14.3. The van der Waals surface area contributed by atoms with E-state index in [1.165, 1.54) is 19.3 Å². The van der Waals surface area contributed by atoms with E-state index in [9.17, 15) is 24.0 Å². The van der Waals surface area contributed by atoms with Gasteiger partial charge in [-0.15, -0.1) is 0 Å².